The summed E-state index contributed by atoms with van der Waals surface area (Å²) in [5.41, 5.74) is 4.62. The number of carbonyl (C=O) groups excluding carboxylic acids is 1. The average molecular weight is 354 g/mol. The number of hydrazone groups is 1. The van der Waals surface area contributed by atoms with Gasteiger partial charge in [0, 0.05) is 0 Å². The van der Waals surface area contributed by atoms with Gasteiger partial charge in [-0.2, -0.15) is 5.10 Å². The molecule has 0 fully saturated rings. The van der Waals surface area contributed by atoms with Crippen LogP contribution in [0.1, 0.15) is 38.8 Å². The van der Waals surface area contributed by atoms with Crippen molar-refractivity contribution >= 4 is 12.1 Å². The topological polar surface area (TPSA) is 59.9 Å². The maximum Gasteiger partial charge on any atom is 0.277 e. The van der Waals surface area contributed by atoms with E-state index in [0.29, 0.717) is 12.4 Å². The highest BCUT2D eigenvalue weighted by molar-refractivity contribution is 5.83. The molecule has 5 heteroatoms. The van der Waals surface area contributed by atoms with Crippen LogP contribution in [0, 0.1) is 0 Å². The SMILES string of the molecule is CCOc1ccc(C=NNC(=O)COc2ccc(C(C)(C)C)cc2)cc1. The summed E-state index contributed by atoms with van der Waals surface area (Å²) in [6.07, 6.45) is 1.58. The number of nitrogens with zero attached hydrogens (tertiary/aromatic N) is 1. The van der Waals surface area contributed by atoms with Gasteiger partial charge in [-0.3, -0.25) is 4.79 Å². The maximum atomic E-state index is 11.8. The van der Waals surface area contributed by atoms with Crippen LogP contribution in [0.25, 0.3) is 0 Å². The summed E-state index contributed by atoms with van der Waals surface area (Å²) in [7, 11) is 0. The lowest BCUT2D eigenvalue weighted by molar-refractivity contribution is -0.123. The summed E-state index contributed by atoms with van der Waals surface area (Å²) in [5.74, 6) is 1.15. The predicted octanol–water partition coefficient (Wildman–Crippen LogP) is 3.91. The summed E-state index contributed by atoms with van der Waals surface area (Å²) in [6.45, 7) is 8.93. The molecular formula is C21H26N2O3. The van der Waals surface area contributed by atoms with E-state index in [1.54, 1.807) is 6.21 Å². The Balaban J connectivity index is 1.78. The van der Waals surface area contributed by atoms with E-state index in [1.165, 1.54) is 5.56 Å². The molecular weight excluding hydrogens is 328 g/mol. The van der Waals surface area contributed by atoms with Crippen molar-refractivity contribution in [2.24, 2.45) is 5.10 Å². The summed E-state index contributed by atoms with van der Waals surface area (Å²) in [4.78, 5) is 11.8. The van der Waals surface area contributed by atoms with Crippen LogP contribution < -0.4 is 14.9 Å². The second kappa shape index (κ2) is 9.04. The van der Waals surface area contributed by atoms with Gasteiger partial charge >= 0.3 is 0 Å². The first kappa shape index (κ1) is 19.5. The van der Waals surface area contributed by atoms with E-state index >= 15 is 0 Å². The zero-order valence-electron chi connectivity index (χ0n) is 15.8. The van der Waals surface area contributed by atoms with Crippen LogP contribution in [-0.4, -0.2) is 25.3 Å². The third-order valence-corrected chi connectivity index (χ3v) is 3.68. The fourth-order valence-electron chi connectivity index (χ4n) is 2.23. The third-order valence-electron chi connectivity index (χ3n) is 3.68. The van der Waals surface area contributed by atoms with E-state index in [0.717, 1.165) is 11.3 Å². The summed E-state index contributed by atoms with van der Waals surface area (Å²) in [5, 5.41) is 3.93. The smallest absolute Gasteiger partial charge is 0.277 e. The van der Waals surface area contributed by atoms with Crippen molar-refractivity contribution in [3.63, 3.8) is 0 Å². The van der Waals surface area contributed by atoms with Crippen molar-refractivity contribution in [1.29, 1.82) is 0 Å². The Kier molecular flexibility index (Phi) is 6.78. The molecule has 0 atom stereocenters. The van der Waals surface area contributed by atoms with Gasteiger partial charge in [-0.1, -0.05) is 32.9 Å². The van der Waals surface area contributed by atoms with Crippen LogP contribution in [0.3, 0.4) is 0 Å². The largest absolute Gasteiger partial charge is 0.494 e. The third kappa shape index (κ3) is 6.24. The average Bonchev–Trinajstić information content (AvgIpc) is 2.61. The number of ether oxygens (including phenoxy) is 2. The number of benzene rings is 2. The number of rotatable bonds is 7. The number of hydrogen-bond acceptors (Lipinski definition) is 4. The zero-order chi connectivity index (χ0) is 19.0. The minimum absolute atomic E-state index is 0.0878. The molecule has 0 unspecified atom stereocenters. The molecule has 2 rings (SSSR count). The van der Waals surface area contributed by atoms with Gasteiger partial charge in [0.25, 0.3) is 5.91 Å². The van der Waals surface area contributed by atoms with Gasteiger partial charge < -0.3 is 9.47 Å². The molecule has 0 aliphatic carbocycles. The molecule has 0 aliphatic rings. The molecule has 138 valence electrons. The quantitative estimate of drug-likeness (QED) is 0.606. The van der Waals surface area contributed by atoms with Gasteiger partial charge in [-0.25, -0.2) is 5.43 Å². The minimum atomic E-state index is -0.313. The Morgan fingerprint density at radius 2 is 1.58 bits per heavy atom. The molecule has 0 saturated carbocycles. The monoisotopic (exact) mass is 354 g/mol. The molecule has 26 heavy (non-hydrogen) atoms. The van der Waals surface area contributed by atoms with E-state index < -0.39 is 0 Å². The van der Waals surface area contributed by atoms with E-state index in [1.807, 2.05) is 55.5 Å². The highest BCUT2D eigenvalue weighted by Crippen LogP contribution is 2.24. The first-order valence-corrected chi connectivity index (χ1v) is 8.66. The van der Waals surface area contributed by atoms with Crippen LogP contribution in [-0.2, 0) is 10.2 Å². The minimum Gasteiger partial charge on any atom is -0.494 e. The van der Waals surface area contributed by atoms with Gasteiger partial charge in [-0.15, -0.1) is 0 Å². The first-order valence-electron chi connectivity index (χ1n) is 8.66. The van der Waals surface area contributed by atoms with Crippen LogP contribution >= 0.6 is 0 Å². The number of hydrogen-bond donors (Lipinski definition) is 1. The van der Waals surface area contributed by atoms with E-state index in [4.69, 9.17) is 9.47 Å². The molecule has 1 amide bonds. The Bertz CT molecular complexity index is 729. The Labute approximate surface area is 155 Å². The summed E-state index contributed by atoms with van der Waals surface area (Å²) >= 11 is 0. The van der Waals surface area contributed by atoms with Gasteiger partial charge in [-0.05, 0) is 59.9 Å². The fourth-order valence-corrected chi connectivity index (χ4v) is 2.23. The second-order valence-electron chi connectivity index (χ2n) is 6.86. The van der Waals surface area contributed by atoms with Crippen LogP contribution in [0.2, 0.25) is 0 Å². The number of amides is 1. The molecule has 0 saturated heterocycles. The van der Waals surface area contributed by atoms with Crippen LogP contribution in [0.15, 0.2) is 53.6 Å². The van der Waals surface area contributed by atoms with Gasteiger partial charge in [0.05, 0.1) is 12.8 Å². The van der Waals surface area contributed by atoms with E-state index in [9.17, 15) is 4.79 Å². The van der Waals surface area contributed by atoms with Crippen molar-refractivity contribution in [3.8, 4) is 11.5 Å². The molecule has 1 N–H and O–H groups in total. The lowest BCUT2D eigenvalue weighted by atomic mass is 9.87. The fraction of sp³-hybridized carbons (Fsp3) is 0.333. The van der Waals surface area contributed by atoms with Crippen molar-refractivity contribution < 1.29 is 14.3 Å². The first-order chi connectivity index (χ1) is 12.4. The Morgan fingerprint density at radius 3 is 2.15 bits per heavy atom. The van der Waals surface area contributed by atoms with Crippen molar-refractivity contribution in [2.75, 3.05) is 13.2 Å². The molecule has 0 spiro atoms. The van der Waals surface area contributed by atoms with Gasteiger partial charge in [0.1, 0.15) is 11.5 Å². The lowest BCUT2D eigenvalue weighted by Gasteiger charge is -2.19. The zero-order valence-corrected chi connectivity index (χ0v) is 15.8. The van der Waals surface area contributed by atoms with Crippen LogP contribution in [0.4, 0.5) is 0 Å². The molecule has 0 aliphatic heterocycles. The van der Waals surface area contributed by atoms with Crippen molar-refractivity contribution in [3.05, 3.63) is 59.7 Å². The van der Waals surface area contributed by atoms with Crippen molar-refractivity contribution in [1.82, 2.24) is 5.43 Å². The molecule has 2 aromatic rings. The van der Waals surface area contributed by atoms with Crippen LogP contribution in [0.5, 0.6) is 11.5 Å². The normalized spacial score (nSPS) is 11.4. The highest BCUT2D eigenvalue weighted by atomic mass is 16.5. The Morgan fingerprint density at radius 1 is 1.00 bits per heavy atom. The predicted molar refractivity (Wildman–Crippen MR) is 104 cm³/mol. The Hall–Kier alpha value is -2.82. The maximum absolute atomic E-state index is 11.8. The van der Waals surface area contributed by atoms with Gasteiger partial charge in [0.2, 0.25) is 0 Å². The summed E-state index contributed by atoms with van der Waals surface area (Å²) in [6, 6.07) is 15.2. The molecule has 2 aromatic carbocycles. The molecule has 0 bridgehead atoms. The lowest BCUT2D eigenvalue weighted by Crippen LogP contribution is -2.24. The second-order valence-corrected chi connectivity index (χ2v) is 6.86. The van der Waals surface area contributed by atoms with E-state index in [-0.39, 0.29) is 17.9 Å². The standard InChI is InChI=1S/C21H26N2O3/c1-5-25-18-10-6-16(7-11-18)14-22-23-20(24)15-26-19-12-8-17(9-13-19)21(2,3)4/h6-14H,5,15H2,1-4H3,(H,23,24). The van der Waals surface area contributed by atoms with Crippen molar-refractivity contribution in [2.45, 2.75) is 33.1 Å². The molecule has 0 heterocycles. The highest BCUT2D eigenvalue weighted by Gasteiger charge is 2.13. The van der Waals surface area contributed by atoms with E-state index in [2.05, 4.69) is 31.3 Å². The summed E-state index contributed by atoms with van der Waals surface area (Å²) < 4.78 is 10.9. The molecule has 0 radical (unpaired) electrons. The molecule has 0 aromatic heterocycles. The number of carbonyl (C=O) groups is 1. The molecule has 5 nitrogen and oxygen atoms in total. The van der Waals surface area contributed by atoms with Gasteiger partial charge in [0.15, 0.2) is 6.61 Å². The number of nitrogens with one attached hydrogen (secondary N) is 1.